The topological polar surface area (TPSA) is 69.9 Å². The minimum absolute atomic E-state index is 0.0822. The molecule has 26 heavy (non-hydrogen) atoms. The summed E-state index contributed by atoms with van der Waals surface area (Å²) in [7, 11) is 1.52. The third-order valence-electron chi connectivity index (χ3n) is 4.65. The largest absolute Gasteiger partial charge is 0.508 e. The molecule has 0 saturated heterocycles. The Morgan fingerprint density at radius 1 is 0.654 bits per heavy atom. The first-order chi connectivity index (χ1) is 12.4. The van der Waals surface area contributed by atoms with Crippen LogP contribution in [0.15, 0.2) is 54.6 Å². The molecule has 0 unspecified atom stereocenters. The monoisotopic (exact) mass is 350 g/mol. The van der Waals surface area contributed by atoms with E-state index in [0.29, 0.717) is 5.75 Å². The first-order valence-corrected chi connectivity index (χ1v) is 8.36. The van der Waals surface area contributed by atoms with Crippen LogP contribution in [0.1, 0.15) is 33.7 Å². The van der Waals surface area contributed by atoms with Gasteiger partial charge in [0.05, 0.1) is 7.11 Å². The Balaban J connectivity index is 2.21. The van der Waals surface area contributed by atoms with Gasteiger partial charge in [-0.3, -0.25) is 0 Å². The van der Waals surface area contributed by atoms with Crippen molar-refractivity contribution < 1.29 is 20.1 Å². The van der Waals surface area contributed by atoms with E-state index in [2.05, 4.69) is 0 Å². The number of phenolic OH excluding ortho intramolecular Hbond substituents is 3. The van der Waals surface area contributed by atoms with Gasteiger partial charge in [0.2, 0.25) is 0 Å². The van der Waals surface area contributed by atoms with Crippen molar-refractivity contribution in [3.8, 4) is 23.0 Å². The van der Waals surface area contributed by atoms with E-state index >= 15 is 0 Å². The average molecular weight is 350 g/mol. The lowest BCUT2D eigenvalue weighted by Crippen LogP contribution is -2.05. The Morgan fingerprint density at radius 2 is 1.08 bits per heavy atom. The summed E-state index contributed by atoms with van der Waals surface area (Å²) in [4.78, 5) is 0. The summed E-state index contributed by atoms with van der Waals surface area (Å²) in [5, 5.41) is 29.7. The third-order valence-corrected chi connectivity index (χ3v) is 4.65. The molecule has 3 N–H and O–H groups in total. The second-order valence-electron chi connectivity index (χ2n) is 6.46. The Hall–Kier alpha value is -3.14. The van der Waals surface area contributed by atoms with Crippen LogP contribution in [0.3, 0.4) is 0 Å². The van der Waals surface area contributed by atoms with Gasteiger partial charge in [0.1, 0.15) is 11.5 Å². The van der Waals surface area contributed by atoms with Crippen molar-refractivity contribution in [3.05, 3.63) is 82.4 Å². The lowest BCUT2D eigenvalue weighted by Gasteiger charge is -2.21. The summed E-state index contributed by atoms with van der Waals surface area (Å²) in [6.45, 7) is 3.71. The lowest BCUT2D eigenvalue weighted by atomic mass is 9.83. The number of rotatable bonds is 4. The molecule has 0 aromatic heterocycles. The standard InChI is InChI=1S/C22H22O4/c1-13-10-15(4-7-18(13)23)22(16-5-8-19(24)14(2)11-16)17-6-9-20(25)21(12-17)26-3/h4-12,22-25H,1-3H3. The third kappa shape index (κ3) is 3.31. The number of hydrogen-bond acceptors (Lipinski definition) is 4. The van der Waals surface area contributed by atoms with Gasteiger partial charge in [-0.05, 0) is 65.9 Å². The molecule has 3 rings (SSSR count). The fourth-order valence-electron chi connectivity index (χ4n) is 3.17. The van der Waals surface area contributed by atoms with Crippen LogP contribution in [0.2, 0.25) is 0 Å². The van der Waals surface area contributed by atoms with Crippen LogP contribution in [0.4, 0.5) is 0 Å². The Labute approximate surface area is 153 Å². The number of benzene rings is 3. The molecule has 3 aromatic rings. The highest BCUT2D eigenvalue weighted by Gasteiger charge is 2.20. The minimum Gasteiger partial charge on any atom is -0.508 e. The van der Waals surface area contributed by atoms with E-state index in [1.165, 1.54) is 7.11 Å². The van der Waals surface area contributed by atoms with Gasteiger partial charge in [-0.2, -0.15) is 0 Å². The van der Waals surface area contributed by atoms with Gasteiger partial charge in [-0.1, -0.05) is 30.3 Å². The average Bonchev–Trinajstić information content (AvgIpc) is 2.62. The summed E-state index contributed by atoms with van der Waals surface area (Å²) < 4.78 is 5.26. The Bertz CT molecular complexity index is 895. The maximum atomic E-state index is 9.93. The highest BCUT2D eigenvalue weighted by atomic mass is 16.5. The van der Waals surface area contributed by atoms with Crippen molar-refractivity contribution in [1.29, 1.82) is 0 Å². The highest BCUT2D eigenvalue weighted by molar-refractivity contribution is 5.52. The van der Waals surface area contributed by atoms with Crippen molar-refractivity contribution in [2.24, 2.45) is 0 Å². The summed E-state index contributed by atoms with van der Waals surface area (Å²) in [6.07, 6.45) is 0. The molecule has 0 spiro atoms. The predicted molar refractivity (Wildman–Crippen MR) is 101 cm³/mol. The predicted octanol–water partition coefficient (Wildman–Crippen LogP) is 4.61. The molecule has 0 heterocycles. The molecule has 0 atom stereocenters. The minimum atomic E-state index is -0.136. The van der Waals surface area contributed by atoms with Crippen molar-refractivity contribution in [3.63, 3.8) is 0 Å². The van der Waals surface area contributed by atoms with Crippen LogP contribution >= 0.6 is 0 Å². The Morgan fingerprint density at radius 3 is 1.50 bits per heavy atom. The zero-order valence-corrected chi connectivity index (χ0v) is 15.0. The molecule has 0 fully saturated rings. The van der Waals surface area contributed by atoms with Crippen LogP contribution in [0.5, 0.6) is 23.0 Å². The molecule has 4 nitrogen and oxygen atoms in total. The smallest absolute Gasteiger partial charge is 0.160 e. The summed E-state index contributed by atoms with van der Waals surface area (Å²) in [6, 6.07) is 16.3. The molecule has 134 valence electrons. The molecule has 4 heteroatoms. The lowest BCUT2D eigenvalue weighted by molar-refractivity contribution is 0.373. The Kier molecular flexibility index (Phi) is 4.76. The molecule has 0 aliphatic heterocycles. The van der Waals surface area contributed by atoms with Crippen molar-refractivity contribution in [2.45, 2.75) is 19.8 Å². The molecular formula is C22H22O4. The van der Waals surface area contributed by atoms with Crippen molar-refractivity contribution in [2.75, 3.05) is 7.11 Å². The van der Waals surface area contributed by atoms with E-state index in [1.54, 1.807) is 18.2 Å². The van der Waals surface area contributed by atoms with Crippen LogP contribution < -0.4 is 4.74 Å². The van der Waals surface area contributed by atoms with E-state index in [4.69, 9.17) is 4.74 Å². The maximum Gasteiger partial charge on any atom is 0.160 e. The fraction of sp³-hybridized carbons (Fsp3) is 0.182. The van der Waals surface area contributed by atoms with Gasteiger partial charge in [-0.25, -0.2) is 0 Å². The summed E-state index contributed by atoms with van der Waals surface area (Å²) in [5.74, 6) is 0.843. The van der Waals surface area contributed by atoms with Gasteiger partial charge < -0.3 is 20.1 Å². The number of aryl methyl sites for hydroxylation is 2. The van der Waals surface area contributed by atoms with Crippen LogP contribution in [-0.2, 0) is 0 Å². The summed E-state index contributed by atoms with van der Waals surface area (Å²) in [5.41, 5.74) is 4.51. The van der Waals surface area contributed by atoms with Gasteiger partial charge in [-0.15, -0.1) is 0 Å². The van der Waals surface area contributed by atoms with E-state index in [9.17, 15) is 15.3 Å². The number of hydrogen-bond donors (Lipinski definition) is 3. The number of ether oxygens (including phenoxy) is 1. The van der Waals surface area contributed by atoms with Gasteiger partial charge in [0.25, 0.3) is 0 Å². The van der Waals surface area contributed by atoms with Crippen LogP contribution in [0, 0.1) is 13.8 Å². The SMILES string of the molecule is COc1cc(C(c2ccc(O)c(C)c2)c2ccc(O)c(C)c2)ccc1O. The second kappa shape index (κ2) is 7.00. The zero-order chi connectivity index (χ0) is 18.8. The van der Waals surface area contributed by atoms with E-state index in [-0.39, 0.29) is 23.2 Å². The molecule has 0 aliphatic rings. The number of aromatic hydroxyl groups is 3. The highest BCUT2D eigenvalue weighted by Crippen LogP contribution is 2.38. The normalized spacial score (nSPS) is 10.9. The second-order valence-corrected chi connectivity index (χ2v) is 6.46. The van der Waals surface area contributed by atoms with E-state index < -0.39 is 0 Å². The van der Waals surface area contributed by atoms with Crippen LogP contribution in [0.25, 0.3) is 0 Å². The molecule has 0 radical (unpaired) electrons. The molecule has 0 saturated carbocycles. The van der Waals surface area contributed by atoms with Gasteiger partial charge in [0.15, 0.2) is 11.5 Å². The van der Waals surface area contributed by atoms with Crippen LogP contribution in [-0.4, -0.2) is 22.4 Å². The van der Waals surface area contributed by atoms with E-state index in [0.717, 1.165) is 27.8 Å². The quantitative estimate of drug-likeness (QED) is 0.601. The van der Waals surface area contributed by atoms with Crippen molar-refractivity contribution >= 4 is 0 Å². The molecule has 0 bridgehead atoms. The van der Waals surface area contributed by atoms with E-state index in [1.807, 2.05) is 50.2 Å². The summed E-state index contributed by atoms with van der Waals surface area (Å²) >= 11 is 0. The molecular weight excluding hydrogens is 328 g/mol. The fourth-order valence-corrected chi connectivity index (χ4v) is 3.17. The number of phenols is 3. The zero-order valence-electron chi connectivity index (χ0n) is 15.0. The maximum absolute atomic E-state index is 9.93. The molecule has 0 amide bonds. The first-order valence-electron chi connectivity index (χ1n) is 8.36. The first kappa shape index (κ1) is 17.7. The molecule has 0 aliphatic carbocycles. The molecule has 3 aromatic carbocycles. The number of methoxy groups -OCH3 is 1. The van der Waals surface area contributed by atoms with Gasteiger partial charge in [0, 0.05) is 5.92 Å². The van der Waals surface area contributed by atoms with Gasteiger partial charge >= 0.3 is 0 Å². The van der Waals surface area contributed by atoms with Crippen molar-refractivity contribution in [1.82, 2.24) is 0 Å².